The van der Waals surface area contributed by atoms with Crippen molar-refractivity contribution >= 4 is 39.8 Å². The highest BCUT2D eigenvalue weighted by Crippen LogP contribution is 2.22. The quantitative estimate of drug-likeness (QED) is 0.545. The predicted molar refractivity (Wildman–Crippen MR) is 120 cm³/mol. The molecule has 32 heavy (non-hydrogen) atoms. The van der Waals surface area contributed by atoms with Gasteiger partial charge in [-0.25, -0.2) is 18.0 Å². The van der Waals surface area contributed by atoms with Gasteiger partial charge in [-0.3, -0.25) is 9.71 Å². The molecule has 164 valence electrons. The first kappa shape index (κ1) is 22.7. The van der Waals surface area contributed by atoms with Crippen LogP contribution >= 0.6 is 0 Å². The molecule has 1 aromatic heterocycles. The first-order valence-corrected chi connectivity index (χ1v) is 10.8. The molecule has 0 unspecified atom stereocenters. The number of rotatable bonds is 7. The van der Waals surface area contributed by atoms with Crippen molar-refractivity contribution in [3.63, 3.8) is 0 Å². The van der Waals surface area contributed by atoms with E-state index in [1.807, 2.05) is 24.3 Å². The number of aromatic nitrogens is 1. The molecular weight excluding hydrogens is 432 g/mol. The number of nitrogens with one attached hydrogen (secondary N) is 1. The molecule has 0 spiro atoms. The van der Waals surface area contributed by atoms with Crippen molar-refractivity contribution in [2.24, 2.45) is 0 Å². The van der Waals surface area contributed by atoms with E-state index in [1.54, 1.807) is 36.5 Å². The van der Waals surface area contributed by atoms with Gasteiger partial charge in [-0.05, 0) is 54.1 Å². The largest absolute Gasteiger partial charge is 0.465 e. The topological polar surface area (TPSA) is 112 Å². The number of carbonyl (C=O) groups excluding carboxylic acids is 2. The fourth-order valence-corrected chi connectivity index (χ4v) is 3.92. The van der Waals surface area contributed by atoms with Crippen LogP contribution in [0.15, 0.2) is 71.8 Å². The van der Waals surface area contributed by atoms with Crippen molar-refractivity contribution in [3.8, 4) is 0 Å². The maximum absolute atomic E-state index is 13.0. The van der Waals surface area contributed by atoms with Crippen LogP contribution in [0.3, 0.4) is 0 Å². The number of ether oxygens (including phenoxy) is 2. The Labute approximate surface area is 185 Å². The lowest BCUT2D eigenvalue weighted by atomic mass is 10.1. The Morgan fingerprint density at radius 2 is 1.56 bits per heavy atom. The molecule has 0 radical (unpaired) electrons. The van der Waals surface area contributed by atoms with E-state index in [1.165, 1.54) is 6.07 Å². The van der Waals surface area contributed by atoms with E-state index in [4.69, 9.17) is 0 Å². The lowest BCUT2D eigenvalue weighted by molar-refractivity contribution is 0.0598. The summed E-state index contributed by atoms with van der Waals surface area (Å²) in [5.41, 5.74) is 1.62. The summed E-state index contributed by atoms with van der Waals surface area (Å²) >= 11 is 0. The number of sulfonamides is 1. The Morgan fingerprint density at radius 1 is 0.875 bits per heavy atom. The van der Waals surface area contributed by atoms with E-state index in [9.17, 15) is 18.0 Å². The van der Waals surface area contributed by atoms with Crippen molar-refractivity contribution in [1.82, 2.24) is 4.98 Å². The van der Waals surface area contributed by atoms with Crippen molar-refractivity contribution in [1.29, 1.82) is 0 Å². The summed E-state index contributed by atoms with van der Waals surface area (Å²) in [5, 5.41) is 0. The minimum atomic E-state index is -4.13. The number of benzene rings is 2. The number of nitrogens with zero attached hydrogens (tertiary/aromatic N) is 1. The maximum Gasteiger partial charge on any atom is 0.337 e. The summed E-state index contributed by atoms with van der Waals surface area (Å²) in [7, 11) is -1.82. The molecule has 0 aliphatic carbocycles. The number of anilines is 1. The molecule has 0 aliphatic heterocycles. The molecule has 0 saturated heterocycles. The zero-order valence-corrected chi connectivity index (χ0v) is 18.1. The average molecular weight is 452 g/mol. The molecule has 0 saturated carbocycles. The van der Waals surface area contributed by atoms with Crippen molar-refractivity contribution in [2.45, 2.75) is 4.90 Å². The number of hydrogen-bond acceptors (Lipinski definition) is 7. The van der Waals surface area contributed by atoms with Gasteiger partial charge in [-0.1, -0.05) is 24.3 Å². The zero-order valence-electron chi connectivity index (χ0n) is 17.3. The summed E-state index contributed by atoms with van der Waals surface area (Å²) in [6.45, 7) is 0. The Morgan fingerprint density at radius 3 is 2.16 bits per heavy atom. The Hall–Kier alpha value is -3.98. The highest BCUT2D eigenvalue weighted by Gasteiger charge is 2.21. The van der Waals surface area contributed by atoms with Gasteiger partial charge in [0.1, 0.15) is 0 Å². The van der Waals surface area contributed by atoms with Crippen LogP contribution in [0.5, 0.6) is 0 Å². The van der Waals surface area contributed by atoms with Crippen LogP contribution in [0.25, 0.3) is 12.2 Å². The van der Waals surface area contributed by atoms with E-state index in [0.717, 1.165) is 37.6 Å². The van der Waals surface area contributed by atoms with Gasteiger partial charge in [0, 0.05) is 11.9 Å². The Bertz CT molecular complexity index is 1240. The van der Waals surface area contributed by atoms with E-state index < -0.39 is 22.0 Å². The van der Waals surface area contributed by atoms with Crippen LogP contribution in [-0.2, 0) is 19.5 Å². The standard InChI is InChI=1S/C23H20N2O6S/c1-30-22(26)17-13-18(23(27)31-2)15-21(14-17)32(28,29)25-20-8-5-6-16(12-20)9-10-19-7-3-4-11-24-19/h3-15,25H,1-2H3/b10-9+. The summed E-state index contributed by atoms with van der Waals surface area (Å²) in [4.78, 5) is 27.8. The second-order valence-electron chi connectivity index (χ2n) is 6.55. The Kier molecular flexibility index (Phi) is 7.01. The van der Waals surface area contributed by atoms with Crippen molar-refractivity contribution in [3.05, 3.63) is 89.2 Å². The lowest BCUT2D eigenvalue weighted by Crippen LogP contribution is -2.16. The minimum Gasteiger partial charge on any atom is -0.465 e. The van der Waals surface area contributed by atoms with Crippen LogP contribution in [0.2, 0.25) is 0 Å². The average Bonchev–Trinajstić information content (AvgIpc) is 2.82. The summed E-state index contributed by atoms with van der Waals surface area (Å²) in [5.74, 6) is -1.57. The van der Waals surface area contributed by atoms with Gasteiger partial charge in [0.15, 0.2) is 0 Å². The predicted octanol–water partition coefficient (Wildman–Crippen LogP) is 3.63. The zero-order chi connectivity index (χ0) is 23.1. The molecule has 3 rings (SSSR count). The van der Waals surface area contributed by atoms with Crippen molar-refractivity contribution in [2.75, 3.05) is 18.9 Å². The Balaban J connectivity index is 1.91. The monoisotopic (exact) mass is 452 g/mol. The van der Waals surface area contributed by atoms with Crippen molar-refractivity contribution < 1.29 is 27.5 Å². The molecule has 2 aromatic carbocycles. The van der Waals surface area contributed by atoms with Gasteiger partial charge in [0.05, 0.1) is 35.9 Å². The molecule has 0 amide bonds. The summed E-state index contributed by atoms with van der Waals surface area (Å²) in [6, 6.07) is 15.7. The first-order valence-electron chi connectivity index (χ1n) is 9.36. The third-order valence-electron chi connectivity index (χ3n) is 4.33. The fraction of sp³-hybridized carbons (Fsp3) is 0.0870. The number of methoxy groups -OCH3 is 2. The smallest absolute Gasteiger partial charge is 0.337 e. The van der Waals surface area contributed by atoms with Crippen LogP contribution in [0.4, 0.5) is 5.69 Å². The van der Waals surface area contributed by atoms with Gasteiger partial charge in [-0.15, -0.1) is 0 Å². The fourth-order valence-electron chi connectivity index (χ4n) is 2.80. The molecule has 1 N–H and O–H groups in total. The molecule has 3 aromatic rings. The molecule has 0 fully saturated rings. The summed E-state index contributed by atoms with van der Waals surface area (Å²) < 4.78 is 37.7. The van der Waals surface area contributed by atoms with Gasteiger partial charge in [0.25, 0.3) is 10.0 Å². The van der Waals surface area contributed by atoms with Crippen LogP contribution < -0.4 is 4.72 Å². The van der Waals surface area contributed by atoms with Gasteiger partial charge >= 0.3 is 11.9 Å². The number of carbonyl (C=O) groups is 2. The third kappa shape index (κ3) is 5.58. The van der Waals surface area contributed by atoms with Crippen LogP contribution in [-0.4, -0.2) is 39.6 Å². The second kappa shape index (κ2) is 9.88. The normalized spacial score (nSPS) is 11.2. The number of esters is 2. The molecule has 8 nitrogen and oxygen atoms in total. The lowest BCUT2D eigenvalue weighted by Gasteiger charge is -2.11. The van der Waals surface area contributed by atoms with Gasteiger partial charge < -0.3 is 9.47 Å². The maximum atomic E-state index is 13.0. The second-order valence-corrected chi connectivity index (χ2v) is 8.23. The number of pyridine rings is 1. The molecule has 0 atom stereocenters. The number of hydrogen-bond donors (Lipinski definition) is 1. The molecular formula is C23H20N2O6S. The SMILES string of the molecule is COC(=O)c1cc(C(=O)OC)cc(S(=O)(=O)Nc2cccc(/C=C/c3ccccn3)c2)c1. The van der Waals surface area contributed by atoms with E-state index in [-0.39, 0.29) is 16.0 Å². The summed E-state index contributed by atoms with van der Waals surface area (Å²) in [6.07, 6.45) is 5.28. The van der Waals surface area contributed by atoms with E-state index in [0.29, 0.717) is 5.69 Å². The van der Waals surface area contributed by atoms with Crippen LogP contribution in [0.1, 0.15) is 32.0 Å². The van der Waals surface area contributed by atoms with E-state index >= 15 is 0 Å². The molecule has 0 bridgehead atoms. The minimum absolute atomic E-state index is 0.0946. The molecule has 1 heterocycles. The highest BCUT2D eigenvalue weighted by atomic mass is 32.2. The van der Waals surface area contributed by atoms with Gasteiger partial charge in [-0.2, -0.15) is 0 Å². The molecule has 0 aliphatic rings. The van der Waals surface area contributed by atoms with Gasteiger partial charge in [0.2, 0.25) is 0 Å². The molecule has 9 heteroatoms. The first-order chi connectivity index (χ1) is 15.3. The highest BCUT2D eigenvalue weighted by molar-refractivity contribution is 7.92. The van der Waals surface area contributed by atoms with E-state index in [2.05, 4.69) is 19.2 Å². The third-order valence-corrected chi connectivity index (χ3v) is 5.69. The van der Waals surface area contributed by atoms with Crippen LogP contribution in [0, 0.1) is 0 Å².